The second kappa shape index (κ2) is 7.67. The van der Waals surface area contributed by atoms with E-state index in [2.05, 4.69) is 14.9 Å². The third kappa shape index (κ3) is 4.09. The van der Waals surface area contributed by atoms with Gasteiger partial charge in [-0.05, 0) is 24.6 Å². The molecule has 0 atom stereocenters. The molecule has 0 unspecified atom stereocenters. The van der Waals surface area contributed by atoms with Crippen LogP contribution in [0.15, 0.2) is 57.9 Å². The Labute approximate surface area is 152 Å². The van der Waals surface area contributed by atoms with Gasteiger partial charge in [-0.15, -0.1) is 0 Å². The van der Waals surface area contributed by atoms with Gasteiger partial charge in [0.15, 0.2) is 0 Å². The molecule has 1 aromatic heterocycles. The van der Waals surface area contributed by atoms with Gasteiger partial charge in [-0.25, -0.2) is 13.1 Å². The highest BCUT2D eigenvalue weighted by molar-refractivity contribution is 7.89. The molecule has 26 heavy (non-hydrogen) atoms. The van der Waals surface area contributed by atoms with Crippen LogP contribution in [0.2, 0.25) is 0 Å². The van der Waals surface area contributed by atoms with Gasteiger partial charge in [-0.1, -0.05) is 41.6 Å². The quantitative estimate of drug-likeness (QED) is 0.684. The fraction of sp³-hybridized carbons (Fsp3) is 0.222. The molecule has 1 heterocycles. The highest BCUT2D eigenvalue weighted by Crippen LogP contribution is 2.24. The summed E-state index contributed by atoms with van der Waals surface area (Å²) in [7, 11) is -2.27. The average Bonchev–Trinajstić information content (AvgIpc) is 3.11. The molecule has 0 aliphatic heterocycles. The largest absolute Gasteiger partial charge is 0.495 e. The molecule has 3 rings (SSSR count). The predicted octanol–water partition coefficient (Wildman–Crippen LogP) is 2.57. The van der Waals surface area contributed by atoms with Gasteiger partial charge in [0.1, 0.15) is 10.6 Å². The minimum atomic E-state index is -3.71. The molecule has 0 radical (unpaired) electrons. The summed E-state index contributed by atoms with van der Waals surface area (Å²) in [6, 6.07) is 14.4. The summed E-state index contributed by atoms with van der Waals surface area (Å²) in [4.78, 5) is 4.39. The van der Waals surface area contributed by atoms with Crippen LogP contribution < -0.4 is 9.46 Å². The number of sulfonamides is 1. The lowest BCUT2D eigenvalue weighted by Gasteiger charge is -2.10. The van der Waals surface area contributed by atoms with Gasteiger partial charge in [0, 0.05) is 18.5 Å². The molecule has 0 fully saturated rings. The Hall–Kier alpha value is -2.71. The maximum absolute atomic E-state index is 12.5. The molecule has 1 N–H and O–H groups in total. The molecule has 0 saturated carbocycles. The number of nitrogens with zero attached hydrogens (tertiary/aromatic N) is 2. The summed E-state index contributed by atoms with van der Waals surface area (Å²) >= 11 is 0. The summed E-state index contributed by atoms with van der Waals surface area (Å²) in [5, 5.41) is 3.92. The highest BCUT2D eigenvalue weighted by atomic mass is 32.2. The molecule has 0 aliphatic carbocycles. The summed E-state index contributed by atoms with van der Waals surface area (Å²) in [6.07, 6.45) is 0.285. The van der Waals surface area contributed by atoms with E-state index in [0.717, 1.165) is 11.1 Å². The van der Waals surface area contributed by atoms with Crippen molar-refractivity contribution >= 4 is 10.0 Å². The van der Waals surface area contributed by atoms with E-state index in [0.29, 0.717) is 17.5 Å². The summed E-state index contributed by atoms with van der Waals surface area (Å²) < 4.78 is 37.9. The molecule has 0 saturated heterocycles. The van der Waals surface area contributed by atoms with Crippen LogP contribution in [0.5, 0.6) is 5.75 Å². The first-order chi connectivity index (χ1) is 12.5. The second-order valence-corrected chi connectivity index (χ2v) is 7.42. The number of aryl methyl sites for hydroxylation is 1. The van der Waals surface area contributed by atoms with Crippen LogP contribution >= 0.6 is 0 Å². The van der Waals surface area contributed by atoms with Crippen molar-refractivity contribution in [1.82, 2.24) is 14.9 Å². The number of hydrogen-bond donors (Lipinski definition) is 1. The number of benzene rings is 2. The van der Waals surface area contributed by atoms with Gasteiger partial charge in [0.05, 0.1) is 7.11 Å². The second-order valence-electron chi connectivity index (χ2n) is 5.68. The SMILES string of the molecule is COc1ccc(C)cc1S(=O)(=O)NCCc1nc(-c2ccccc2)no1. The Bertz CT molecular complexity index is 985. The van der Waals surface area contributed by atoms with E-state index in [-0.39, 0.29) is 17.9 Å². The number of rotatable bonds is 7. The first kappa shape index (κ1) is 18.1. The zero-order chi connectivity index (χ0) is 18.6. The van der Waals surface area contributed by atoms with Crippen LogP contribution in [0.1, 0.15) is 11.5 Å². The lowest BCUT2D eigenvalue weighted by molar-refractivity contribution is 0.378. The average molecular weight is 373 g/mol. The number of methoxy groups -OCH3 is 1. The van der Waals surface area contributed by atoms with E-state index in [9.17, 15) is 8.42 Å². The topological polar surface area (TPSA) is 94.3 Å². The number of ether oxygens (including phenoxy) is 1. The Morgan fingerprint density at radius 3 is 2.65 bits per heavy atom. The van der Waals surface area contributed by atoms with Crippen molar-refractivity contribution in [3.05, 3.63) is 60.0 Å². The van der Waals surface area contributed by atoms with E-state index >= 15 is 0 Å². The normalized spacial score (nSPS) is 11.5. The molecule has 0 bridgehead atoms. The summed E-state index contributed by atoms with van der Waals surface area (Å²) in [5.41, 5.74) is 1.67. The van der Waals surface area contributed by atoms with E-state index in [1.807, 2.05) is 37.3 Å². The van der Waals surface area contributed by atoms with Crippen LogP contribution in [0.3, 0.4) is 0 Å². The van der Waals surface area contributed by atoms with Gasteiger partial charge in [-0.3, -0.25) is 0 Å². The summed E-state index contributed by atoms with van der Waals surface area (Å²) in [6.45, 7) is 1.96. The molecule has 2 aromatic carbocycles. The highest BCUT2D eigenvalue weighted by Gasteiger charge is 2.19. The molecular weight excluding hydrogens is 354 g/mol. The fourth-order valence-electron chi connectivity index (χ4n) is 2.42. The third-order valence-electron chi connectivity index (χ3n) is 3.74. The van der Waals surface area contributed by atoms with Crippen molar-refractivity contribution in [2.24, 2.45) is 0 Å². The van der Waals surface area contributed by atoms with Crippen LogP contribution in [-0.2, 0) is 16.4 Å². The van der Waals surface area contributed by atoms with Gasteiger partial charge in [-0.2, -0.15) is 4.98 Å². The standard InChI is InChI=1S/C18H19N3O4S/c1-13-8-9-15(24-2)16(12-13)26(22,23)19-11-10-17-20-18(21-25-17)14-6-4-3-5-7-14/h3-9,12,19H,10-11H2,1-2H3. The van der Waals surface area contributed by atoms with E-state index < -0.39 is 10.0 Å². The van der Waals surface area contributed by atoms with E-state index in [4.69, 9.17) is 9.26 Å². The minimum Gasteiger partial charge on any atom is -0.495 e. The number of aromatic nitrogens is 2. The molecular formula is C18H19N3O4S. The maximum atomic E-state index is 12.5. The zero-order valence-electron chi connectivity index (χ0n) is 14.5. The van der Waals surface area contributed by atoms with Crippen LogP contribution in [0, 0.1) is 6.92 Å². The molecule has 7 nitrogen and oxygen atoms in total. The van der Waals surface area contributed by atoms with Gasteiger partial charge >= 0.3 is 0 Å². The monoisotopic (exact) mass is 373 g/mol. The van der Waals surface area contributed by atoms with Crippen LogP contribution in [-0.4, -0.2) is 32.2 Å². The molecule has 8 heteroatoms. The Kier molecular flexibility index (Phi) is 5.34. The Balaban J connectivity index is 1.66. The number of nitrogens with one attached hydrogen (secondary N) is 1. The molecule has 3 aromatic rings. The molecule has 0 aliphatic rings. The lowest BCUT2D eigenvalue weighted by atomic mass is 10.2. The van der Waals surface area contributed by atoms with Crippen molar-refractivity contribution in [2.75, 3.05) is 13.7 Å². The molecule has 0 amide bonds. The Morgan fingerprint density at radius 1 is 1.15 bits per heavy atom. The van der Waals surface area contributed by atoms with Gasteiger partial charge in [0.25, 0.3) is 0 Å². The van der Waals surface area contributed by atoms with Crippen LogP contribution in [0.25, 0.3) is 11.4 Å². The maximum Gasteiger partial charge on any atom is 0.244 e. The van der Waals surface area contributed by atoms with Crippen LogP contribution in [0.4, 0.5) is 0 Å². The summed E-state index contributed by atoms with van der Waals surface area (Å²) in [5.74, 6) is 1.14. The third-order valence-corrected chi connectivity index (χ3v) is 5.22. The Morgan fingerprint density at radius 2 is 1.92 bits per heavy atom. The fourth-order valence-corrected chi connectivity index (χ4v) is 3.71. The first-order valence-electron chi connectivity index (χ1n) is 8.02. The molecule has 136 valence electrons. The zero-order valence-corrected chi connectivity index (χ0v) is 15.3. The number of hydrogen-bond acceptors (Lipinski definition) is 6. The van der Waals surface area contributed by atoms with E-state index in [1.165, 1.54) is 7.11 Å². The van der Waals surface area contributed by atoms with Gasteiger partial charge in [0.2, 0.25) is 21.7 Å². The van der Waals surface area contributed by atoms with Gasteiger partial charge < -0.3 is 9.26 Å². The predicted molar refractivity (Wildman–Crippen MR) is 96.4 cm³/mol. The van der Waals surface area contributed by atoms with Crippen molar-refractivity contribution in [1.29, 1.82) is 0 Å². The first-order valence-corrected chi connectivity index (χ1v) is 9.50. The smallest absolute Gasteiger partial charge is 0.244 e. The lowest BCUT2D eigenvalue weighted by Crippen LogP contribution is -2.26. The molecule has 0 spiro atoms. The van der Waals surface area contributed by atoms with E-state index in [1.54, 1.807) is 18.2 Å². The minimum absolute atomic E-state index is 0.107. The van der Waals surface area contributed by atoms with Crippen molar-refractivity contribution < 1.29 is 17.7 Å². The van der Waals surface area contributed by atoms with Crippen molar-refractivity contribution in [3.63, 3.8) is 0 Å². The van der Waals surface area contributed by atoms with Crippen molar-refractivity contribution in [3.8, 4) is 17.1 Å². The van der Waals surface area contributed by atoms with Crippen molar-refractivity contribution in [2.45, 2.75) is 18.2 Å².